The van der Waals surface area contributed by atoms with Crippen molar-refractivity contribution in [2.75, 3.05) is 25.2 Å². The van der Waals surface area contributed by atoms with Crippen molar-refractivity contribution >= 4 is 11.7 Å². The maximum absolute atomic E-state index is 12.0. The Morgan fingerprint density at radius 1 is 1.50 bits per heavy atom. The summed E-state index contributed by atoms with van der Waals surface area (Å²) < 4.78 is 5.23. The van der Waals surface area contributed by atoms with Crippen molar-refractivity contribution in [1.82, 2.24) is 5.32 Å². The normalized spacial score (nSPS) is 18.7. The van der Waals surface area contributed by atoms with Crippen LogP contribution in [0.2, 0.25) is 0 Å². The third-order valence-electron chi connectivity index (χ3n) is 3.12. The molecule has 1 atom stereocenters. The molecule has 0 spiro atoms. The van der Waals surface area contributed by atoms with E-state index in [9.17, 15) is 4.79 Å². The van der Waals surface area contributed by atoms with Gasteiger partial charge in [0.2, 0.25) is 0 Å². The second kappa shape index (κ2) is 5.84. The Bertz CT molecular complexity index is 399. The first-order valence-electron chi connectivity index (χ1n) is 6.11. The maximum Gasteiger partial charge on any atom is 0.321 e. The molecule has 1 saturated heterocycles. The molecule has 98 valence electrons. The lowest BCUT2D eigenvalue weighted by atomic mass is 10.2. The van der Waals surface area contributed by atoms with E-state index in [-0.39, 0.29) is 12.1 Å². The number of nitrogens with two attached hydrogens (primary N) is 1. The highest BCUT2D eigenvalue weighted by molar-refractivity contribution is 5.91. The lowest BCUT2D eigenvalue weighted by Crippen LogP contribution is -2.43. The zero-order valence-electron chi connectivity index (χ0n) is 10.6. The molecule has 2 rings (SSSR count). The van der Waals surface area contributed by atoms with E-state index in [1.165, 1.54) is 0 Å². The van der Waals surface area contributed by atoms with Crippen LogP contribution in [0.3, 0.4) is 0 Å². The van der Waals surface area contributed by atoms with Crippen LogP contribution in [0.1, 0.15) is 12.0 Å². The smallest absolute Gasteiger partial charge is 0.321 e. The average molecular weight is 249 g/mol. The Labute approximate surface area is 107 Å². The minimum atomic E-state index is -0.106. The standard InChI is InChI=1S/C13H19N3O2/c1-16(12-4-2-10(8-14)3-5-12)13(17)15-11-6-7-18-9-11/h2-5,11H,6-9,14H2,1H3,(H,15,17). The summed E-state index contributed by atoms with van der Waals surface area (Å²) in [5.41, 5.74) is 7.44. The molecule has 0 aliphatic carbocycles. The summed E-state index contributed by atoms with van der Waals surface area (Å²) in [5, 5.41) is 2.94. The van der Waals surface area contributed by atoms with E-state index in [1.807, 2.05) is 24.3 Å². The molecule has 5 heteroatoms. The molecule has 0 radical (unpaired) electrons. The van der Waals surface area contributed by atoms with Crippen molar-refractivity contribution in [3.05, 3.63) is 29.8 Å². The van der Waals surface area contributed by atoms with Crippen molar-refractivity contribution < 1.29 is 9.53 Å². The van der Waals surface area contributed by atoms with Crippen LogP contribution < -0.4 is 16.0 Å². The molecule has 1 unspecified atom stereocenters. The third kappa shape index (κ3) is 3.00. The fourth-order valence-electron chi connectivity index (χ4n) is 1.89. The highest BCUT2D eigenvalue weighted by Gasteiger charge is 2.20. The first-order chi connectivity index (χ1) is 8.70. The zero-order valence-corrected chi connectivity index (χ0v) is 10.6. The average Bonchev–Trinajstić information content (AvgIpc) is 2.91. The van der Waals surface area contributed by atoms with Gasteiger partial charge in [-0.1, -0.05) is 12.1 Å². The summed E-state index contributed by atoms with van der Waals surface area (Å²) in [6.45, 7) is 1.83. The molecule has 3 N–H and O–H groups in total. The van der Waals surface area contributed by atoms with E-state index in [2.05, 4.69) is 5.32 Å². The molecular formula is C13H19N3O2. The van der Waals surface area contributed by atoms with Gasteiger partial charge in [0.25, 0.3) is 0 Å². The summed E-state index contributed by atoms with van der Waals surface area (Å²) in [7, 11) is 1.75. The minimum Gasteiger partial charge on any atom is -0.379 e. The van der Waals surface area contributed by atoms with E-state index in [1.54, 1.807) is 11.9 Å². The van der Waals surface area contributed by atoms with Gasteiger partial charge in [0.05, 0.1) is 12.6 Å². The Hall–Kier alpha value is -1.59. The molecule has 2 amide bonds. The van der Waals surface area contributed by atoms with Crippen LogP contribution in [0.5, 0.6) is 0 Å². The van der Waals surface area contributed by atoms with Crippen molar-refractivity contribution in [3.8, 4) is 0 Å². The number of amides is 2. The molecule has 1 aliphatic rings. The summed E-state index contributed by atoms with van der Waals surface area (Å²) in [6.07, 6.45) is 0.881. The van der Waals surface area contributed by atoms with Gasteiger partial charge in [0, 0.05) is 25.9 Å². The molecule has 1 aliphatic heterocycles. The Balaban J connectivity index is 1.95. The summed E-state index contributed by atoms with van der Waals surface area (Å²) in [5.74, 6) is 0. The van der Waals surface area contributed by atoms with Crippen molar-refractivity contribution in [1.29, 1.82) is 0 Å². The topological polar surface area (TPSA) is 67.6 Å². The molecule has 1 fully saturated rings. The molecule has 0 bridgehead atoms. The van der Waals surface area contributed by atoms with Crippen LogP contribution in [-0.2, 0) is 11.3 Å². The van der Waals surface area contributed by atoms with Crippen LogP contribution in [0.25, 0.3) is 0 Å². The largest absolute Gasteiger partial charge is 0.379 e. The zero-order chi connectivity index (χ0) is 13.0. The van der Waals surface area contributed by atoms with Crippen LogP contribution in [0.15, 0.2) is 24.3 Å². The first kappa shape index (κ1) is 12.9. The lowest BCUT2D eigenvalue weighted by molar-refractivity contribution is 0.189. The van der Waals surface area contributed by atoms with Gasteiger partial charge >= 0.3 is 6.03 Å². The number of hydrogen-bond acceptors (Lipinski definition) is 3. The fraction of sp³-hybridized carbons (Fsp3) is 0.462. The summed E-state index contributed by atoms with van der Waals surface area (Å²) in [6, 6.07) is 7.67. The van der Waals surface area contributed by atoms with E-state index >= 15 is 0 Å². The van der Waals surface area contributed by atoms with Crippen LogP contribution in [-0.4, -0.2) is 32.3 Å². The van der Waals surface area contributed by atoms with Crippen molar-refractivity contribution in [2.45, 2.75) is 19.0 Å². The van der Waals surface area contributed by atoms with Gasteiger partial charge < -0.3 is 15.8 Å². The van der Waals surface area contributed by atoms with Crippen molar-refractivity contribution in [3.63, 3.8) is 0 Å². The monoisotopic (exact) mass is 249 g/mol. The highest BCUT2D eigenvalue weighted by atomic mass is 16.5. The number of carbonyl (C=O) groups is 1. The van der Waals surface area contributed by atoms with Crippen LogP contribution in [0, 0.1) is 0 Å². The van der Waals surface area contributed by atoms with Gasteiger partial charge in [-0.2, -0.15) is 0 Å². The molecule has 0 saturated carbocycles. The third-order valence-corrected chi connectivity index (χ3v) is 3.12. The highest BCUT2D eigenvalue weighted by Crippen LogP contribution is 2.14. The van der Waals surface area contributed by atoms with Gasteiger partial charge in [-0.3, -0.25) is 4.90 Å². The van der Waals surface area contributed by atoms with Gasteiger partial charge in [-0.15, -0.1) is 0 Å². The number of nitrogens with one attached hydrogen (secondary N) is 1. The molecule has 1 aromatic carbocycles. The quantitative estimate of drug-likeness (QED) is 0.842. The predicted octanol–water partition coefficient (Wildman–Crippen LogP) is 1.08. The number of carbonyl (C=O) groups excluding carboxylic acids is 1. The van der Waals surface area contributed by atoms with Crippen LogP contribution in [0.4, 0.5) is 10.5 Å². The number of anilines is 1. The van der Waals surface area contributed by atoms with Crippen LogP contribution >= 0.6 is 0 Å². The Kier molecular flexibility index (Phi) is 4.17. The number of urea groups is 1. The lowest BCUT2D eigenvalue weighted by Gasteiger charge is -2.20. The minimum absolute atomic E-state index is 0.106. The Morgan fingerprint density at radius 3 is 2.78 bits per heavy atom. The van der Waals surface area contributed by atoms with E-state index < -0.39 is 0 Å². The SMILES string of the molecule is CN(C(=O)NC1CCOC1)c1ccc(CN)cc1. The second-order valence-electron chi connectivity index (χ2n) is 4.44. The van der Waals surface area contributed by atoms with Gasteiger partial charge in [0.1, 0.15) is 0 Å². The van der Waals surface area contributed by atoms with E-state index in [0.717, 1.165) is 24.3 Å². The molecular weight excluding hydrogens is 230 g/mol. The second-order valence-corrected chi connectivity index (χ2v) is 4.44. The predicted molar refractivity (Wildman–Crippen MR) is 70.5 cm³/mol. The number of ether oxygens (including phenoxy) is 1. The van der Waals surface area contributed by atoms with Gasteiger partial charge in [-0.25, -0.2) is 4.79 Å². The molecule has 1 heterocycles. The first-order valence-corrected chi connectivity index (χ1v) is 6.11. The van der Waals surface area contributed by atoms with E-state index in [4.69, 9.17) is 10.5 Å². The maximum atomic E-state index is 12.0. The number of hydrogen-bond donors (Lipinski definition) is 2. The fourth-order valence-corrected chi connectivity index (χ4v) is 1.89. The number of nitrogens with zero attached hydrogens (tertiary/aromatic N) is 1. The molecule has 18 heavy (non-hydrogen) atoms. The molecule has 5 nitrogen and oxygen atoms in total. The van der Waals surface area contributed by atoms with Crippen molar-refractivity contribution in [2.24, 2.45) is 5.73 Å². The van der Waals surface area contributed by atoms with E-state index in [0.29, 0.717) is 13.2 Å². The summed E-state index contributed by atoms with van der Waals surface area (Å²) >= 11 is 0. The van der Waals surface area contributed by atoms with Gasteiger partial charge in [0.15, 0.2) is 0 Å². The number of benzene rings is 1. The number of rotatable bonds is 3. The summed E-state index contributed by atoms with van der Waals surface area (Å²) in [4.78, 5) is 13.6. The molecule has 1 aromatic rings. The Morgan fingerprint density at radius 2 is 2.22 bits per heavy atom. The molecule has 0 aromatic heterocycles. The van der Waals surface area contributed by atoms with Gasteiger partial charge in [-0.05, 0) is 24.1 Å².